The first-order valence-electron chi connectivity index (χ1n) is 5.44. The molecule has 0 radical (unpaired) electrons. The lowest BCUT2D eigenvalue weighted by Crippen LogP contribution is -2.55. The number of carbonyl (C=O) groups is 2. The van der Waals surface area contributed by atoms with E-state index >= 15 is 0 Å². The second kappa shape index (κ2) is 6.09. The van der Waals surface area contributed by atoms with Crippen LogP contribution in [0, 0.1) is 5.92 Å². The molecule has 0 aromatic carbocycles. The summed E-state index contributed by atoms with van der Waals surface area (Å²) >= 11 is 0. The molecule has 0 aromatic rings. The van der Waals surface area contributed by atoms with Gasteiger partial charge >= 0.3 is 18.2 Å². The lowest BCUT2D eigenvalue weighted by Gasteiger charge is -2.26. The Bertz CT molecular complexity index is 342. The second-order valence-corrected chi connectivity index (χ2v) is 4.67. The highest BCUT2D eigenvalue weighted by atomic mass is 19.4. The standard InChI is InChI=1S/C10H17F3N2O4/c1-5(2)6(10(11,12)13)15-8(18)14-4-9(3,19)7(16)17/h5-6,19H,4H2,1-3H3,(H,16,17)(H2,14,15,18)/t6-,9?/m0/s1. The minimum Gasteiger partial charge on any atom is -0.479 e. The van der Waals surface area contributed by atoms with E-state index in [9.17, 15) is 27.9 Å². The van der Waals surface area contributed by atoms with Gasteiger partial charge in [-0.25, -0.2) is 9.59 Å². The number of carboxylic acids is 1. The van der Waals surface area contributed by atoms with Crippen LogP contribution in [0.25, 0.3) is 0 Å². The first kappa shape index (κ1) is 17.5. The molecule has 0 aliphatic rings. The highest BCUT2D eigenvalue weighted by Gasteiger charge is 2.42. The normalized spacial score (nSPS) is 16.6. The van der Waals surface area contributed by atoms with Gasteiger partial charge in [0, 0.05) is 0 Å². The summed E-state index contributed by atoms with van der Waals surface area (Å²) < 4.78 is 37.6. The van der Waals surface area contributed by atoms with Crippen molar-refractivity contribution < 1.29 is 33.0 Å². The zero-order chi connectivity index (χ0) is 15.4. The van der Waals surface area contributed by atoms with Gasteiger partial charge in [-0.2, -0.15) is 13.2 Å². The minimum absolute atomic E-state index is 0.711. The maximum atomic E-state index is 12.5. The Labute approximate surface area is 108 Å². The third-order valence-corrected chi connectivity index (χ3v) is 2.36. The van der Waals surface area contributed by atoms with Gasteiger partial charge in [-0.1, -0.05) is 13.8 Å². The lowest BCUT2D eigenvalue weighted by molar-refractivity contribution is -0.162. The van der Waals surface area contributed by atoms with E-state index in [1.54, 1.807) is 5.32 Å². The molecule has 0 heterocycles. The van der Waals surface area contributed by atoms with E-state index in [0.29, 0.717) is 0 Å². The lowest BCUT2D eigenvalue weighted by atomic mass is 10.0. The van der Waals surface area contributed by atoms with Gasteiger partial charge in [0.05, 0.1) is 6.54 Å². The van der Waals surface area contributed by atoms with Crippen molar-refractivity contribution in [3.05, 3.63) is 0 Å². The quantitative estimate of drug-likeness (QED) is 0.598. The smallest absolute Gasteiger partial charge is 0.408 e. The van der Waals surface area contributed by atoms with Gasteiger partial charge in [0.15, 0.2) is 5.60 Å². The number of aliphatic hydroxyl groups is 1. The number of hydrogen-bond donors (Lipinski definition) is 4. The average Bonchev–Trinajstić information content (AvgIpc) is 2.20. The van der Waals surface area contributed by atoms with Crippen molar-refractivity contribution in [2.24, 2.45) is 5.92 Å². The van der Waals surface area contributed by atoms with Crippen molar-refractivity contribution >= 4 is 12.0 Å². The van der Waals surface area contributed by atoms with Crippen LogP contribution in [0.5, 0.6) is 0 Å². The van der Waals surface area contributed by atoms with Crippen LogP contribution < -0.4 is 10.6 Å². The predicted molar refractivity (Wildman–Crippen MR) is 59.5 cm³/mol. The Hall–Kier alpha value is -1.51. The molecular formula is C10H17F3N2O4. The second-order valence-electron chi connectivity index (χ2n) is 4.67. The molecule has 0 aromatic heterocycles. The molecule has 19 heavy (non-hydrogen) atoms. The molecule has 2 atom stereocenters. The third kappa shape index (κ3) is 5.77. The van der Waals surface area contributed by atoms with Gasteiger partial charge in [-0.05, 0) is 12.8 Å². The molecule has 4 N–H and O–H groups in total. The average molecular weight is 286 g/mol. The van der Waals surface area contributed by atoms with E-state index in [4.69, 9.17) is 5.11 Å². The van der Waals surface area contributed by atoms with Crippen LogP contribution >= 0.6 is 0 Å². The molecule has 0 fully saturated rings. The molecule has 0 aliphatic heterocycles. The fourth-order valence-corrected chi connectivity index (χ4v) is 1.15. The molecular weight excluding hydrogens is 269 g/mol. The SMILES string of the molecule is CC(C)[C@H](NC(=O)NCC(C)(O)C(=O)O)C(F)(F)F. The van der Waals surface area contributed by atoms with Crippen molar-refractivity contribution in [3.8, 4) is 0 Å². The fraction of sp³-hybridized carbons (Fsp3) is 0.800. The van der Waals surface area contributed by atoms with Crippen LogP contribution in [-0.2, 0) is 4.79 Å². The minimum atomic E-state index is -4.61. The number of aliphatic carboxylic acids is 1. The van der Waals surface area contributed by atoms with Crippen LogP contribution in [0.4, 0.5) is 18.0 Å². The summed E-state index contributed by atoms with van der Waals surface area (Å²) in [5.41, 5.74) is -2.25. The zero-order valence-corrected chi connectivity index (χ0v) is 10.7. The number of carbonyl (C=O) groups excluding carboxylic acids is 1. The molecule has 0 rings (SSSR count). The van der Waals surface area contributed by atoms with E-state index in [1.165, 1.54) is 13.8 Å². The van der Waals surface area contributed by atoms with Crippen molar-refractivity contribution in [3.63, 3.8) is 0 Å². The molecule has 0 aliphatic carbocycles. The number of hydrogen-bond acceptors (Lipinski definition) is 3. The Kier molecular flexibility index (Phi) is 5.61. The van der Waals surface area contributed by atoms with E-state index in [1.807, 2.05) is 5.32 Å². The highest BCUT2D eigenvalue weighted by molar-refractivity contribution is 5.79. The van der Waals surface area contributed by atoms with E-state index in [2.05, 4.69) is 0 Å². The third-order valence-electron chi connectivity index (χ3n) is 2.36. The van der Waals surface area contributed by atoms with Crippen LogP contribution in [0.1, 0.15) is 20.8 Å². The summed E-state index contributed by atoms with van der Waals surface area (Å²) in [7, 11) is 0. The van der Waals surface area contributed by atoms with Gasteiger partial charge in [0.1, 0.15) is 6.04 Å². The Balaban J connectivity index is 4.50. The van der Waals surface area contributed by atoms with Crippen molar-refractivity contribution in [1.29, 1.82) is 0 Å². The van der Waals surface area contributed by atoms with Gasteiger partial charge in [0.25, 0.3) is 0 Å². The number of rotatable bonds is 5. The highest BCUT2D eigenvalue weighted by Crippen LogP contribution is 2.25. The number of alkyl halides is 3. The van der Waals surface area contributed by atoms with Gasteiger partial charge in [0.2, 0.25) is 0 Å². The summed E-state index contributed by atoms with van der Waals surface area (Å²) in [6.45, 7) is 2.77. The number of halogens is 3. The molecule has 9 heteroatoms. The van der Waals surface area contributed by atoms with E-state index in [-0.39, 0.29) is 0 Å². The number of urea groups is 1. The predicted octanol–water partition coefficient (Wildman–Crippen LogP) is 0.708. The number of carboxylic acid groups (broad SMARTS) is 1. The molecule has 112 valence electrons. The summed E-state index contributed by atoms with van der Waals surface area (Å²) in [5.74, 6) is -2.48. The first-order valence-corrected chi connectivity index (χ1v) is 5.44. The molecule has 0 bridgehead atoms. The first-order chi connectivity index (χ1) is 8.38. The van der Waals surface area contributed by atoms with Crippen LogP contribution in [-0.4, -0.2) is 46.6 Å². The van der Waals surface area contributed by atoms with Crippen LogP contribution in [0.3, 0.4) is 0 Å². The molecule has 2 amide bonds. The van der Waals surface area contributed by atoms with E-state index in [0.717, 1.165) is 6.92 Å². The number of amides is 2. The molecule has 0 saturated heterocycles. The summed E-state index contributed by atoms with van der Waals surface area (Å²) in [5, 5.41) is 21.4. The molecule has 6 nitrogen and oxygen atoms in total. The fourth-order valence-electron chi connectivity index (χ4n) is 1.15. The molecule has 1 unspecified atom stereocenters. The zero-order valence-electron chi connectivity index (χ0n) is 10.7. The van der Waals surface area contributed by atoms with Crippen LogP contribution in [0.2, 0.25) is 0 Å². The largest absolute Gasteiger partial charge is 0.479 e. The van der Waals surface area contributed by atoms with Gasteiger partial charge < -0.3 is 20.8 Å². The topological polar surface area (TPSA) is 98.7 Å². The summed E-state index contributed by atoms with van der Waals surface area (Å²) in [4.78, 5) is 21.8. The molecule has 0 spiro atoms. The molecule has 0 saturated carbocycles. The Morgan fingerprint density at radius 2 is 1.74 bits per heavy atom. The maximum absolute atomic E-state index is 12.5. The van der Waals surface area contributed by atoms with Crippen molar-refractivity contribution in [1.82, 2.24) is 10.6 Å². The van der Waals surface area contributed by atoms with Crippen LogP contribution in [0.15, 0.2) is 0 Å². The summed E-state index contributed by atoms with van der Waals surface area (Å²) in [6, 6.07) is -3.25. The van der Waals surface area contributed by atoms with Gasteiger partial charge in [-0.15, -0.1) is 0 Å². The Morgan fingerprint density at radius 3 is 2.05 bits per heavy atom. The van der Waals surface area contributed by atoms with E-state index < -0.39 is 42.3 Å². The van der Waals surface area contributed by atoms with Crippen molar-refractivity contribution in [2.45, 2.75) is 38.6 Å². The Morgan fingerprint density at radius 1 is 1.26 bits per heavy atom. The van der Waals surface area contributed by atoms with Gasteiger partial charge in [-0.3, -0.25) is 0 Å². The summed E-state index contributed by atoms with van der Waals surface area (Å²) in [6.07, 6.45) is -4.61. The number of nitrogens with one attached hydrogen (secondary N) is 2. The van der Waals surface area contributed by atoms with Crippen molar-refractivity contribution in [2.75, 3.05) is 6.54 Å². The monoisotopic (exact) mass is 286 g/mol. The maximum Gasteiger partial charge on any atom is 0.408 e.